The molecule has 7 nitrogen and oxygen atoms in total. The zero-order chi connectivity index (χ0) is 16.1. The van der Waals surface area contributed by atoms with Crippen LogP contribution in [-0.4, -0.2) is 46.6 Å². The first-order chi connectivity index (χ1) is 11.0. The minimum absolute atomic E-state index is 0.188. The Labute approximate surface area is 132 Å². The number of rotatable bonds is 2. The number of fused-ring (bicyclic) bond motifs is 1. The highest BCUT2D eigenvalue weighted by molar-refractivity contribution is 6.05. The number of ketones is 1. The van der Waals surface area contributed by atoms with Crippen LogP contribution in [-0.2, 0) is 20.9 Å². The van der Waals surface area contributed by atoms with Crippen molar-refractivity contribution in [3.63, 3.8) is 0 Å². The average molecular weight is 313 g/mol. The molecule has 0 radical (unpaired) electrons. The van der Waals surface area contributed by atoms with Gasteiger partial charge in [0.25, 0.3) is 5.91 Å². The van der Waals surface area contributed by atoms with Crippen LogP contribution in [0.1, 0.15) is 35.2 Å². The quantitative estimate of drug-likeness (QED) is 0.742. The summed E-state index contributed by atoms with van der Waals surface area (Å²) < 4.78 is 0. The number of anilines is 1. The van der Waals surface area contributed by atoms with Gasteiger partial charge in [0.1, 0.15) is 0 Å². The first kappa shape index (κ1) is 13.9. The summed E-state index contributed by atoms with van der Waals surface area (Å²) in [4.78, 5) is 49.6. The molecule has 0 N–H and O–H groups in total. The number of hydrogen-bond acceptors (Lipinski definition) is 5. The Morgan fingerprint density at radius 1 is 0.870 bits per heavy atom. The SMILES string of the molecule is O=C1CN(c2ccc3c(c2)CN(N2C(=O)CCCC2=O)C3=O)C1. The largest absolute Gasteiger partial charge is 0.357 e. The molecule has 2 fully saturated rings. The summed E-state index contributed by atoms with van der Waals surface area (Å²) in [5.74, 6) is -0.783. The van der Waals surface area contributed by atoms with E-state index in [1.807, 2.05) is 11.0 Å². The smallest absolute Gasteiger partial charge is 0.273 e. The van der Waals surface area contributed by atoms with Crippen LogP contribution in [0.5, 0.6) is 0 Å². The lowest BCUT2D eigenvalue weighted by Gasteiger charge is -2.32. The van der Waals surface area contributed by atoms with E-state index in [2.05, 4.69) is 0 Å². The number of carbonyl (C=O) groups is 4. The number of imide groups is 1. The third kappa shape index (κ3) is 2.11. The molecule has 2 saturated heterocycles. The predicted octanol–water partition coefficient (Wildman–Crippen LogP) is 0.486. The standard InChI is InChI=1S/C16H15N3O4/c20-12-8-17(9-12)11-4-5-13-10(6-11)7-18(16(13)23)19-14(21)2-1-3-15(19)22/h4-6H,1-3,7-9H2. The molecule has 3 aliphatic heterocycles. The molecule has 0 saturated carbocycles. The van der Waals surface area contributed by atoms with Gasteiger partial charge in [-0.1, -0.05) is 0 Å². The third-order valence-electron chi connectivity index (χ3n) is 4.47. The van der Waals surface area contributed by atoms with Crippen LogP contribution >= 0.6 is 0 Å². The minimum atomic E-state index is -0.324. The van der Waals surface area contributed by atoms with Crippen molar-refractivity contribution in [2.75, 3.05) is 18.0 Å². The Bertz CT molecular complexity index is 734. The number of Topliss-reactive ketones (excluding diaryl/α,β-unsaturated/α-hetero) is 1. The van der Waals surface area contributed by atoms with Gasteiger partial charge in [0.15, 0.2) is 5.78 Å². The summed E-state index contributed by atoms with van der Waals surface area (Å²) in [6.45, 7) is 0.986. The van der Waals surface area contributed by atoms with Gasteiger partial charge >= 0.3 is 0 Å². The molecule has 3 heterocycles. The van der Waals surface area contributed by atoms with Gasteiger partial charge in [-0.3, -0.25) is 19.2 Å². The highest BCUT2D eigenvalue weighted by Gasteiger charge is 2.39. The third-order valence-corrected chi connectivity index (χ3v) is 4.47. The molecule has 3 aliphatic rings. The maximum atomic E-state index is 12.5. The molecule has 1 aromatic rings. The lowest BCUT2D eigenvalue weighted by atomic mass is 10.1. The normalized spacial score (nSPS) is 21.0. The maximum absolute atomic E-state index is 12.5. The van der Waals surface area contributed by atoms with Gasteiger partial charge in [0.2, 0.25) is 11.8 Å². The van der Waals surface area contributed by atoms with Crippen LogP contribution in [0.25, 0.3) is 0 Å². The molecule has 0 aromatic heterocycles. The molecule has 0 bridgehead atoms. The fourth-order valence-corrected chi connectivity index (χ4v) is 3.22. The summed E-state index contributed by atoms with van der Waals surface area (Å²) in [5.41, 5.74) is 2.17. The van der Waals surface area contributed by atoms with Crippen LogP contribution < -0.4 is 4.90 Å². The zero-order valence-corrected chi connectivity index (χ0v) is 12.4. The number of piperidine rings is 1. The number of benzene rings is 1. The molecule has 4 rings (SSSR count). The van der Waals surface area contributed by atoms with Gasteiger partial charge in [0.05, 0.1) is 19.6 Å². The monoisotopic (exact) mass is 313 g/mol. The van der Waals surface area contributed by atoms with Crippen LogP contribution in [0, 0.1) is 0 Å². The molecule has 1 aromatic carbocycles. The molecular formula is C16H15N3O4. The van der Waals surface area contributed by atoms with Gasteiger partial charge in [-0.2, -0.15) is 5.01 Å². The fourth-order valence-electron chi connectivity index (χ4n) is 3.22. The Morgan fingerprint density at radius 3 is 2.22 bits per heavy atom. The molecule has 118 valence electrons. The first-order valence-electron chi connectivity index (χ1n) is 7.62. The number of nitrogens with zero attached hydrogens (tertiary/aromatic N) is 3. The summed E-state index contributed by atoms with van der Waals surface area (Å²) in [6.07, 6.45) is 1.11. The molecule has 0 atom stereocenters. The van der Waals surface area contributed by atoms with Crippen molar-refractivity contribution in [1.29, 1.82) is 0 Å². The number of amides is 3. The lowest BCUT2D eigenvalue weighted by molar-refractivity contribution is -0.163. The number of hydrogen-bond donors (Lipinski definition) is 0. The average Bonchev–Trinajstić information content (AvgIpc) is 2.80. The van der Waals surface area contributed by atoms with E-state index in [9.17, 15) is 19.2 Å². The lowest BCUT2D eigenvalue weighted by Crippen LogP contribution is -2.51. The predicted molar refractivity (Wildman–Crippen MR) is 79.2 cm³/mol. The Morgan fingerprint density at radius 2 is 1.57 bits per heavy atom. The summed E-state index contributed by atoms with van der Waals surface area (Å²) in [6, 6.07) is 5.36. The summed E-state index contributed by atoms with van der Waals surface area (Å²) >= 11 is 0. The van der Waals surface area contributed by atoms with Crippen LogP contribution in [0.15, 0.2) is 18.2 Å². The molecule has 23 heavy (non-hydrogen) atoms. The van der Waals surface area contributed by atoms with Crippen molar-refractivity contribution in [2.24, 2.45) is 0 Å². The van der Waals surface area contributed by atoms with Gasteiger partial charge in [0, 0.05) is 24.1 Å². The Kier molecular flexibility index (Phi) is 2.97. The summed E-state index contributed by atoms with van der Waals surface area (Å²) in [5, 5.41) is 2.23. The van der Waals surface area contributed by atoms with Crippen molar-refractivity contribution in [1.82, 2.24) is 10.0 Å². The van der Waals surface area contributed by atoms with Gasteiger partial charge < -0.3 is 4.90 Å². The van der Waals surface area contributed by atoms with E-state index in [1.165, 1.54) is 5.01 Å². The van der Waals surface area contributed by atoms with Crippen molar-refractivity contribution in [3.8, 4) is 0 Å². The topological polar surface area (TPSA) is 78.0 Å². The molecule has 7 heteroatoms. The van der Waals surface area contributed by atoms with E-state index >= 15 is 0 Å². The second kappa shape index (κ2) is 4.91. The Balaban J connectivity index is 1.61. The van der Waals surface area contributed by atoms with Crippen molar-refractivity contribution >= 4 is 29.2 Å². The Hall–Kier alpha value is -2.70. The highest BCUT2D eigenvalue weighted by atomic mass is 16.2. The number of carbonyl (C=O) groups excluding carboxylic acids is 4. The molecule has 0 spiro atoms. The maximum Gasteiger partial charge on any atom is 0.273 e. The van der Waals surface area contributed by atoms with E-state index in [0.29, 0.717) is 25.1 Å². The van der Waals surface area contributed by atoms with Crippen LogP contribution in [0.4, 0.5) is 5.69 Å². The van der Waals surface area contributed by atoms with Gasteiger partial charge in [-0.15, -0.1) is 0 Å². The van der Waals surface area contributed by atoms with Crippen LogP contribution in [0.2, 0.25) is 0 Å². The van der Waals surface area contributed by atoms with Gasteiger partial charge in [-0.05, 0) is 30.2 Å². The highest BCUT2D eigenvalue weighted by Crippen LogP contribution is 2.31. The number of hydrazine groups is 1. The van der Waals surface area contributed by atoms with Crippen molar-refractivity contribution in [3.05, 3.63) is 29.3 Å². The van der Waals surface area contributed by atoms with E-state index in [1.54, 1.807) is 12.1 Å². The summed E-state index contributed by atoms with van der Waals surface area (Å²) in [7, 11) is 0. The van der Waals surface area contributed by atoms with E-state index in [4.69, 9.17) is 0 Å². The van der Waals surface area contributed by atoms with E-state index in [0.717, 1.165) is 16.3 Å². The van der Waals surface area contributed by atoms with E-state index in [-0.39, 0.29) is 42.9 Å². The van der Waals surface area contributed by atoms with Crippen molar-refractivity contribution < 1.29 is 19.2 Å². The molecular weight excluding hydrogens is 298 g/mol. The van der Waals surface area contributed by atoms with Crippen molar-refractivity contribution in [2.45, 2.75) is 25.8 Å². The minimum Gasteiger partial charge on any atom is -0.357 e. The second-order valence-electron chi connectivity index (χ2n) is 6.05. The fraction of sp³-hybridized carbons (Fsp3) is 0.375. The first-order valence-corrected chi connectivity index (χ1v) is 7.62. The van der Waals surface area contributed by atoms with Crippen LogP contribution in [0.3, 0.4) is 0 Å². The zero-order valence-electron chi connectivity index (χ0n) is 12.4. The molecule has 3 amide bonds. The molecule has 0 unspecified atom stereocenters. The molecule has 0 aliphatic carbocycles. The van der Waals surface area contributed by atoms with E-state index < -0.39 is 0 Å². The second-order valence-corrected chi connectivity index (χ2v) is 6.05. The van der Waals surface area contributed by atoms with Gasteiger partial charge in [-0.25, -0.2) is 5.01 Å².